The van der Waals surface area contributed by atoms with Crippen LogP contribution in [0.3, 0.4) is 0 Å². The van der Waals surface area contributed by atoms with Gasteiger partial charge in [-0.15, -0.1) is 0 Å². The first-order valence-electron chi connectivity index (χ1n) is 11.2. The van der Waals surface area contributed by atoms with Gasteiger partial charge in [0.05, 0.1) is 0 Å². The number of benzene rings is 4. The van der Waals surface area contributed by atoms with Gasteiger partial charge in [-0.05, 0) is 66.6 Å². The molecule has 0 saturated heterocycles. The predicted molar refractivity (Wildman–Crippen MR) is 136 cm³/mol. The van der Waals surface area contributed by atoms with Crippen LogP contribution in [0.5, 0.6) is 5.75 Å². The molecule has 170 valence electrons. The van der Waals surface area contributed by atoms with E-state index in [4.69, 9.17) is 4.74 Å². The highest BCUT2D eigenvalue weighted by Crippen LogP contribution is 2.22. The Morgan fingerprint density at radius 3 is 1.94 bits per heavy atom. The van der Waals surface area contributed by atoms with Crippen molar-refractivity contribution < 1.29 is 14.3 Å². The summed E-state index contributed by atoms with van der Waals surface area (Å²) in [6.07, 6.45) is 0. The zero-order valence-electron chi connectivity index (χ0n) is 19.0. The second kappa shape index (κ2) is 11.0. The van der Waals surface area contributed by atoms with Gasteiger partial charge in [-0.3, -0.25) is 9.59 Å². The van der Waals surface area contributed by atoms with E-state index in [-0.39, 0.29) is 18.4 Å². The molecule has 0 heterocycles. The van der Waals surface area contributed by atoms with Crippen molar-refractivity contribution in [1.29, 1.82) is 0 Å². The van der Waals surface area contributed by atoms with Gasteiger partial charge in [0.25, 0.3) is 11.8 Å². The third-order valence-electron chi connectivity index (χ3n) is 5.38. The number of para-hydroxylation sites is 1. The van der Waals surface area contributed by atoms with Gasteiger partial charge in [-0.1, -0.05) is 60.7 Å². The molecule has 4 aromatic rings. The summed E-state index contributed by atoms with van der Waals surface area (Å²) in [6, 6.07) is 34.1. The molecule has 0 aliphatic heterocycles. The lowest BCUT2D eigenvalue weighted by molar-refractivity contribution is -0.118. The Morgan fingerprint density at radius 1 is 0.735 bits per heavy atom. The third-order valence-corrected chi connectivity index (χ3v) is 5.38. The number of carbonyl (C=O) groups is 2. The number of hydrogen-bond acceptors (Lipinski definition) is 3. The molecular weight excluding hydrogens is 424 g/mol. The minimum atomic E-state index is -0.273. The Hall–Kier alpha value is -4.38. The fourth-order valence-corrected chi connectivity index (χ4v) is 3.62. The lowest BCUT2D eigenvalue weighted by atomic mass is 10.1. The second-order valence-corrected chi connectivity index (χ2v) is 7.69. The number of amides is 2. The van der Waals surface area contributed by atoms with E-state index in [1.165, 1.54) is 0 Å². The number of rotatable bonds is 8. The number of ether oxygens (including phenoxy) is 1. The molecule has 0 fully saturated rings. The van der Waals surface area contributed by atoms with Gasteiger partial charge in [-0.25, -0.2) is 0 Å². The average Bonchev–Trinajstić information content (AvgIpc) is 2.90. The van der Waals surface area contributed by atoms with Crippen LogP contribution in [0.25, 0.3) is 11.1 Å². The summed E-state index contributed by atoms with van der Waals surface area (Å²) in [4.78, 5) is 26.9. The molecule has 0 spiro atoms. The first-order valence-corrected chi connectivity index (χ1v) is 11.2. The highest BCUT2D eigenvalue weighted by molar-refractivity contribution is 6.06. The summed E-state index contributed by atoms with van der Waals surface area (Å²) in [6.45, 7) is 2.39. The summed E-state index contributed by atoms with van der Waals surface area (Å²) in [5.74, 6) is 0.260. The van der Waals surface area contributed by atoms with Crippen LogP contribution in [0.4, 0.5) is 11.4 Å². The molecule has 0 radical (unpaired) electrons. The fraction of sp³-hybridized carbons (Fsp3) is 0.103. The molecule has 0 saturated carbocycles. The van der Waals surface area contributed by atoms with Crippen molar-refractivity contribution in [3.05, 3.63) is 115 Å². The van der Waals surface area contributed by atoms with Crippen LogP contribution in [0.2, 0.25) is 0 Å². The molecule has 4 rings (SSSR count). The van der Waals surface area contributed by atoms with Gasteiger partial charge in [0.2, 0.25) is 0 Å². The van der Waals surface area contributed by atoms with E-state index in [2.05, 4.69) is 5.32 Å². The minimum absolute atomic E-state index is 0.0890. The molecule has 0 aromatic heterocycles. The Balaban J connectivity index is 1.31. The highest BCUT2D eigenvalue weighted by Gasteiger charge is 2.16. The van der Waals surface area contributed by atoms with E-state index in [1.807, 2.05) is 91.9 Å². The SMILES string of the molecule is CCN(C(=O)c1ccc(NC(=O)COc2ccc(-c3ccccc3)cc2)cc1)c1ccccc1. The molecule has 0 unspecified atom stereocenters. The van der Waals surface area contributed by atoms with E-state index in [0.717, 1.165) is 16.8 Å². The van der Waals surface area contributed by atoms with Gasteiger partial charge in [-0.2, -0.15) is 0 Å². The molecule has 5 heteroatoms. The van der Waals surface area contributed by atoms with Gasteiger partial charge in [0.15, 0.2) is 6.61 Å². The second-order valence-electron chi connectivity index (χ2n) is 7.69. The van der Waals surface area contributed by atoms with E-state index < -0.39 is 0 Å². The fourth-order valence-electron chi connectivity index (χ4n) is 3.62. The zero-order valence-corrected chi connectivity index (χ0v) is 19.0. The first-order chi connectivity index (χ1) is 16.6. The van der Waals surface area contributed by atoms with Crippen molar-refractivity contribution in [1.82, 2.24) is 0 Å². The normalized spacial score (nSPS) is 10.4. The summed E-state index contributed by atoms with van der Waals surface area (Å²) >= 11 is 0. The Labute approximate surface area is 199 Å². The van der Waals surface area contributed by atoms with Crippen LogP contribution in [0.15, 0.2) is 109 Å². The molecule has 0 aliphatic carbocycles. The predicted octanol–water partition coefficient (Wildman–Crippen LogP) is 6.04. The van der Waals surface area contributed by atoms with Crippen LogP contribution in [0.1, 0.15) is 17.3 Å². The molecule has 1 N–H and O–H groups in total. The van der Waals surface area contributed by atoms with Crippen molar-refractivity contribution in [3.8, 4) is 16.9 Å². The molecule has 0 bridgehead atoms. The van der Waals surface area contributed by atoms with Crippen LogP contribution in [-0.4, -0.2) is 25.0 Å². The Morgan fingerprint density at radius 2 is 1.32 bits per heavy atom. The molecular formula is C29H26N2O3. The minimum Gasteiger partial charge on any atom is -0.484 e. The summed E-state index contributed by atoms with van der Waals surface area (Å²) in [5, 5.41) is 2.80. The maximum absolute atomic E-state index is 12.9. The van der Waals surface area contributed by atoms with E-state index in [9.17, 15) is 9.59 Å². The number of carbonyl (C=O) groups excluding carboxylic acids is 2. The van der Waals surface area contributed by atoms with Gasteiger partial charge >= 0.3 is 0 Å². The smallest absolute Gasteiger partial charge is 0.262 e. The number of anilines is 2. The zero-order chi connectivity index (χ0) is 23.8. The molecule has 34 heavy (non-hydrogen) atoms. The number of nitrogens with one attached hydrogen (secondary N) is 1. The summed E-state index contributed by atoms with van der Waals surface area (Å²) in [7, 11) is 0. The van der Waals surface area contributed by atoms with Crippen molar-refractivity contribution in [2.75, 3.05) is 23.4 Å². The third kappa shape index (κ3) is 5.70. The number of hydrogen-bond donors (Lipinski definition) is 1. The van der Waals surface area contributed by atoms with Crippen LogP contribution >= 0.6 is 0 Å². The van der Waals surface area contributed by atoms with Gasteiger partial charge in [0.1, 0.15) is 5.75 Å². The molecule has 0 atom stereocenters. The standard InChI is InChI=1S/C29H26N2O3/c1-2-31(26-11-7-4-8-12-26)29(33)24-13-17-25(18-14-24)30-28(32)21-34-27-19-15-23(16-20-27)22-9-5-3-6-10-22/h3-20H,2,21H2,1H3,(H,30,32). The Kier molecular flexibility index (Phi) is 7.35. The topological polar surface area (TPSA) is 58.6 Å². The maximum Gasteiger partial charge on any atom is 0.262 e. The van der Waals surface area contributed by atoms with Crippen molar-refractivity contribution >= 4 is 23.2 Å². The lowest BCUT2D eigenvalue weighted by Gasteiger charge is -2.21. The van der Waals surface area contributed by atoms with Crippen LogP contribution in [0, 0.1) is 0 Å². The monoisotopic (exact) mass is 450 g/mol. The highest BCUT2D eigenvalue weighted by atomic mass is 16.5. The molecule has 2 amide bonds. The Bertz CT molecular complexity index is 1220. The van der Waals surface area contributed by atoms with Crippen LogP contribution < -0.4 is 15.0 Å². The average molecular weight is 451 g/mol. The first kappa shape index (κ1) is 22.8. The molecule has 0 aliphatic rings. The van der Waals surface area contributed by atoms with Gasteiger partial charge < -0.3 is 15.0 Å². The number of nitrogens with zero attached hydrogens (tertiary/aromatic N) is 1. The quantitative estimate of drug-likeness (QED) is 0.356. The van der Waals surface area contributed by atoms with E-state index >= 15 is 0 Å². The largest absolute Gasteiger partial charge is 0.484 e. The van der Waals surface area contributed by atoms with E-state index in [0.29, 0.717) is 23.5 Å². The van der Waals surface area contributed by atoms with Crippen LogP contribution in [-0.2, 0) is 4.79 Å². The lowest BCUT2D eigenvalue weighted by Crippen LogP contribution is -2.30. The molecule has 5 nitrogen and oxygen atoms in total. The van der Waals surface area contributed by atoms with Crippen molar-refractivity contribution in [2.45, 2.75) is 6.92 Å². The van der Waals surface area contributed by atoms with Crippen molar-refractivity contribution in [3.63, 3.8) is 0 Å². The summed E-state index contributed by atoms with van der Waals surface area (Å²) < 4.78 is 5.62. The summed E-state index contributed by atoms with van der Waals surface area (Å²) in [5.41, 5.74) is 4.22. The van der Waals surface area contributed by atoms with Crippen molar-refractivity contribution in [2.24, 2.45) is 0 Å². The molecule has 4 aromatic carbocycles. The van der Waals surface area contributed by atoms with E-state index in [1.54, 1.807) is 29.2 Å². The van der Waals surface area contributed by atoms with Gasteiger partial charge in [0, 0.05) is 23.5 Å². The maximum atomic E-state index is 12.9.